The van der Waals surface area contributed by atoms with Crippen molar-refractivity contribution in [1.82, 2.24) is 15.1 Å². The largest absolute Gasteiger partial charge is 0.405 e. The molecule has 0 atom stereocenters. The van der Waals surface area contributed by atoms with E-state index in [4.69, 9.17) is 0 Å². The van der Waals surface area contributed by atoms with E-state index < -0.39 is 28.5 Å². The Kier molecular flexibility index (Phi) is 6.97. The van der Waals surface area contributed by atoms with E-state index in [0.717, 1.165) is 22.9 Å². The number of hydrogen-bond acceptors (Lipinski definition) is 4. The third-order valence-electron chi connectivity index (χ3n) is 4.78. The van der Waals surface area contributed by atoms with E-state index in [-0.39, 0.29) is 16.5 Å². The van der Waals surface area contributed by atoms with Gasteiger partial charge in [0, 0.05) is 12.8 Å². The van der Waals surface area contributed by atoms with Crippen molar-refractivity contribution in [2.45, 2.75) is 31.5 Å². The summed E-state index contributed by atoms with van der Waals surface area (Å²) in [6.45, 7) is 2.97. The number of rotatable bonds is 7. The van der Waals surface area contributed by atoms with Crippen molar-refractivity contribution in [3.8, 4) is 22.4 Å². The van der Waals surface area contributed by atoms with Gasteiger partial charge in [-0.2, -0.15) is 18.3 Å². The van der Waals surface area contributed by atoms with Crippen molar-refractivity contribution >= 4 is 15.7 Å². The highest BCUT2D eigenvalue weighted by Gasteiger charge is 2.28. The maximum Gasteiger partial charge on any atom is 0.405 e. The minimum Gasteiger partial charge on any atom is -0.342 e. The number of sulfone groups is 1. The number of carbonyl (C=O) groups is 1. The summed E-state index contributed by atoms with van der Waals surface area (Å²) in [5, 5.41) is 6.06. The summed E-state index contributed by atoms with van der Waals surface area (Å²) in [4.78, 5) is 12.4. The van der Waals surface area contributed by atoms with Crippen molar-refractivity contribution in [3.63, 3.8) is 0 Å². The van der Waals surface area contributed by atoms with Crippen LogP contribution in [-0.4, -0.2) is 43.1 Å². The maximum atomic E-state index is 12.4. The van der Waals surface area contributed by atoms with E-state index in [0.29, 0.717) is 12.2 Å². The molecule has 3 rings (SSSR count). The SMILES string of the molecule is CC(C)Cn1nc(C(=O)NCC(F)(F)F)cc1-c1ccc(-c2cccc(S(C)(=O)=O)c2)cc1. The highest BCUT2D eigenvalue weighted by Crippen LogP contribution is 2.27. The monoisotopic (exact) mass is 479 g/mol. The molecule has 0 aliphatic carbocycles. The molecule has 0 saturated heterocycles. The van der Waals surface area contributed by atoms with Gasteiger partial charge in [0.1, 0.15) is 6.54 Å². The van der Waals surface area contributed by atoms with Gasteiger partial charge in [0.15, 0.2) is 15.5 Å². The van der Waals surface area contributed by atoms with E-state index in [1.54, 1.807) is 35.0 Å². The Morgan fingerprint density at radius 2 is 1.67 bits per heavy atom. The number of alkyl halides is 3. The van der Waals surface area contributed by atoms with Crippen LogP contribution >= 0.6 is 0 Å². The lowest BCUT2D eigenvalue weighted by Gasteiger charge is -2.11. The first kappa shape index (κ1) is 24.5. The number of hydrogen-bond donors (Lipinski definition) is 1. The highest BCUT2D eigenvalue weighted by atomic mass is 32.2. The zero-order valence-electron chi connectivity index (χ0n) is 18.3. The molecule has 3 aromatic rings. The van der Waals surface area contributed by atoms with Gasteiger partial charge in [0.25, 0.3) is 5.91 Å². The summed E-state index contributed by atoms with van der Waals surface area (Å²) >= 11 is 0. The van der Waals surface area contributed by atoms with Crippen molar-refractivity contribution in [2.75, 3.05) is 12.8 Å². The van der Waals surface area contributed by atoms with Crippen LogP contribution in [0.4, 0.5) is 13.2 Å². The molecule has 2 aromatic carbocycles. The van der Waals surface area contributed by atoms with Gasteiger partial charge >= 0.3 is 6.18 Å². The van der Waals surface area contributed by atoms with Crippen LogP contribution in [0.1, 0.15) is 24.3 Å². The lowest BCUT2D eigenvalue weighted by molar-refractivity contribution is -0.123. The Hall–Kier alpha value is -3.14. The van der Waals surface area contributed by atoms with Crippen molar-refractivity contribution in [1.29, 1.82) is 0 Å². The molecule has 10 heteroatoms. The van der Waals surface area contributed by atoms with Gasteiger partial charge in [0.2, 0.25) is 0 Å². The van der Waals surface area contributed by atoms with E-state index in [1.165, 1.54) is 12.1 Å². The molecular formula is C23H24F3N3O3S. The molecule has 0 aliphatic rings. The van der Waals surface area contributed by atoms with Crippen LogP contribution < -0.4 is 5.32 Å². The molecule has 1 amide bonds. The van der Waals surface area contributed by atoms with Crippen LogP contribution in [0.2, 0.25) is 0 Å². The Labute approximate surface area is 190 Å². The molecule has 6 nitrogen and oxygen atoms in total. The van der Waals surface area contributed by atoms with Crippen LogP contribution in [0, 0.1) is 5.92 Å². The molecule has 1 aromatic heterocycles. The van der Waals surface area contributed by atoms with Gasteiger partial charge in [-0.1, -0.05) is 50.2 Å². The molecule has 1 heterocycles. The standard InChI is InChI=1S/C23H24F3N3O3S/c1-15(2)13-29-21(12-20(28-29)22(30)27-14-23(24,25)26)17-9-7-16(8-10-17)18-5-4-6-19(11-18)33(3,31)32/h4-12,15H,13-14H2,1-3H3,(H,27,30). The van der Waals surface area contributed by atoms with Crippen molar-refractivity contribution in [2.24, 2.45) is 5.92 Å². The van der Waals surface area contributed by atoms with Gasteiger partial charge in [-0.05, 0) is 40.8 Å². The quantitative estimate of drug-likeness (QED) is 0.538. The summed E-state index contributed by atoms with van der Waals surface area (Å²) in [6.07, 6.45) is -3.36. The number of aromatic nitrogens is 2. The number of nitrogens with one attached hydrogen (secondary N) is 1. The van der Waals surface area contributed by atoms with Crippen LogP contribution in [-0.2, 0) is 16.4 Å². The number of carbonyl (C=O) groups excluding carboxylic acids is 1. The summed E-state index contributed by atoms with van der Waals surface area (Å²) in [5.41, 5.74) is 2.74. The fourth-order valence-electron chi connectivity index (χ4n) is 3.26. The predicted molar refractivity (Wildman–Crippen MR) is 119 cm³/mol. The molecule has 0 bridgehead atoms. The van der Waals surface area contributed by atoms with E-state index >= 15 is 0 Å². The average Bonchev–Trinajstić information content (AvgIpc) is 3.14. The summed E-state index contributed by atoms with van der Waals surface area (Å²) in [7, 11) is -3.34. The predicted octanol–water partition coefficient (Wildman–Crippen LogP) is 4.57. The summed E-state index contributed by atoms with van der Waals surface area (Å²) in [5.74, 6) is -0.710. The first-order chi connectivity index (χ1) is 15.3. The third-order valence-corrected chi connectivity index (χ3v) is 5.89. The molecular weight excluding hydrogens is 455 g/mol. The highest BCUT2D eigenvalue weighted by molar-refractivity contribution is 7.90. The molecule has 0 aliphatic heterocycles. The van der Waals surface area contributed by atoms with Crippen LogP contribution in [0.3, 0.4) is 0 Å². The van der Waals surface area contributed by atoms with E-state index in [1.807, 2.05) is 31.3 Å². The van der Waals surface area contributed by atoms with Crippen LogP contribution in [0.5, 0.6) is 0 Å². The molecule has 0 saturated carbocycles. The van der Waals surface area contributed by atoms with Crippen molar-refractivity contribution in [3.05, 3.63) is 60.3 Å². The van der Waals surface area contributed by atoms with Gasteiger partial charge < -0.3 is 5.32 Å². The second-order valence-electron chi connectivity index (χ2n) is 8.17. The fraction of sp³-hybridized carbons (Fsp3) is 0.304. The Balaban J connectivity index is 1.92. The third kappa shape index (κ3) is 6.44. The number of amides is 1. The maximum absolute atomic E-state index is 12.4. The zero-order valence-corrected chi connectivity index (χ0v) is 19.2. The average molecular weight is 480 g/mol. The number of nitrogens with zero attached hydrogens (tertiary/aromatic N) is 2. The Bertz CT molecular complexity index is 1250. The van der Waals surface area contributed by atoms with Crippen molar-refractivity contribution < 1.29 is 26.4 Å². The van der Waals surface area contributed by atoms with Crippen LogP contribution in [0.25, 0.3) is 22.4 Å². The molecule has 176 valence electrons. The second-order valence-corrected chi connectivity index (χ2v) is 10.2. The lowest BCUT2D eigenvalue weighted by Crippen LogP contribution is -2.34. The molecule has 0 radical (unpaired) electrons. The molecule has 0 fully saturated rings. The topological polar surface area (TPSA) is 81.1 Å². The first-order valence-corrected chi connectivity index (χ1v) is 12.1. The Morgan fingerprint density at radius 3 is 2.24 bits per heavy atom. The molecule has 1 N–H and O–H groups in total. The molecule has 0 spiro atoms. The number of halogens is 3. The second kappa shape index (κ2) is 9.38. The zero-order chi connectivity index (χ0) is 24.4. The van der Waals surface area contributed by atoms with Gasteiger partial charge in [-0.15, -0.1) is 0 Å². The number of benzene rings is 2. The molecule has 33 heavy (non-hydrogen) atoms. The van der Waals surface area contributed by atoms with E-state index in [2.05, 4.69) is 5.10 Å². The van der Waals surface area contributed by atoms with E-state index in [9.17, 15) is 26.4 Å². The summed E-state index contributed by atoms with van der Waals surface area (Å²) in [6, 6.07) is 15.3. The van der Waals surface area contributed by atoms with Gasteiger partial charge in [-0.25, -0.2) is 8.42 Å². The lowest BCUT2D eigenvalue weighted by atomic mass is 10.0. The summed E-state index contributed by atoms with van der Waals surface area (Å²) < 4.78 is 62.6. The van der Waals surface area contributed by atoms with Crippen LogP contribution in [0.15, 0.2) is 59.5 Å². The smallest absolute Gasteiger partial charge is 0.342 e. The minimum atomic E-state index is -4.51. The minimum absolute atomic E-state index is 0.0974. The van der Waals surface area contributed by atoms with Gasteiger partial charge in [-0.3, -0.25) is 9.48 Å². The Morgan fingerprint density at radius 1 is 1.03 bits per heavy atom. The normalized spacial score (nSPS) is 12.2. The first-order valence-electron chi connectivity index (χ1n) is 10.2. The molecule has 0 unspecified atom stereocenters. The van der Waals surface area contributed by atoms with Gasteiger partial charge in [0.05, 0.1) is 10.6 Å². The fourth-order valence-corrected chi connectivity index (χ4v) is 3.92.